The number of aliphatic hydroxyl groups excluding tert-OH is 1. The Hall–Kier alpha value is -0.910. The van der Waals surface area contributed by atoms with Crippen molar-refractivity contribution in [3.05, 3.63) is 29.3 Å². The predicted molar refractivity (Wildman–Crippen MR) is 58.2 cm³/mol. The number of sulfone groups is 1. The van der Waals surface area contributed by atoms with Crippen molar-refractivity contribution >= 4 is 9.84 Å². The van der Waals surface area contributed by atoms with Crippen LogP contribution in [0.3, 0.4) is 0 Å². The maximum absolute atomic E-state index is 11.7. The molecule has 0 aromatic heterocycles. The second-order valence-corrected chi connectivity index (χ2v) is 5.59. The van der Waals surface area contributed by atoms with E-state index in [1.54, 1.807) is 12.1 Å². The van der Waals surface area contributed by atoms with Gasteiger partial charge in [0.25, 0.3) is 0 Å². The average Bonchev–Trinajstić information content (AvgIpc) is 2.20. The van der Waals surface area contributed by atoms with Gasteiger partial charge < -0.3 is 10.8 Å². The molecule has 0 amide bonds. The van der Waals surface area contributed by atoms with Crippen molar-refractivity contribution in [2.45, 2.75) is 24.2 Å². The molecule has 1 aromatic carbocycles. The van der Waals surface area contributed by atoms with Crippen LogP contribution in [0.15, 0.2) is 23.1 Å². The lowest BCUT2D eigenvalue weighted by molar-refractivity contribution is 0.256. The lowest BCUT2D eigenvalue weighted by atomic mass is 10.1. The van der Waals surface area contributed by atoms with E-state index in [0.717, 1.165) is 11.1 Å². The quantitative estimate of drug-likeness (QED) is 0.784. The summed E-state index contributed by atoms with van der Waals surface area (Å²) in [5.41, 5.74) is 5.49. The van der Waals surface area contributed by atoms with Gasteiger partial charge in [-0.15, -0.1) is 0 Å². The van der Waals surface area contributed by atoms with Crippen molar-refractivity contribution in [1.29, 1.82) is 0 Å². The largest absolute Gasteiger partial charge is 0.376 e. The molecule has 0 heterocycles. The van der Waals surface area contributed by atoms with E-state index >= 15 is 0 Å². The summed E-state index contributed by atoms with van der Waals surface area (Å²) >= 11 is 0. The van der Waals surface area contributed by atoms with E-state index in [-0.39, 0.29) is 11.4 Å². The third-order valence-corrected chi connectivity index (χ3v) is 4.19. The van der Waals surface area contributed by atoms with Crippen LogP contribution in [0.5, 0.6) is 0 Å². The molecule has 15 heavy (non-hydrogen) atoms. The molecule has 5 heteroatoms. The summed E-state index contributed by atoms with van der Waals surface area (Å²) in [6.45, 7) is 3.42. The molecule has 0 saturated carbocycles. The monoisotopic (exact) mass is 229 g/mol. The van der Waals surface area contributed by atoms with Crippen LogP contribution < -0.4 is 5.73 Å². The molecule has 0 fully saturated rings. The van der Waals surface area contributed by atoms with E-state index in [2.05, 4.69) is 0 Å². The van der Waals surface area contributed by atoms with Gasteiger partial charge in [0, 0.05) is 6.54 Å². The van der Waals surface area contributed by atoms with E-state index in [1.807, 2.05) is 13.8 Å². The number of nitrogens with two attached hydrogens (primary N) is 1. The fourth-order valence-corrected chi connectivity index (χ4v) is 2.34. The molecule has 1 aromatic rings. The van der Waals surface area contributed by atoms with E-state index in [1.165, 1.54) is 6.07 Å². The summed E-state index contributed by atoms with van der Waals surface area (Å²) in [5, 5.41) is 9.29. The highest BCUT2D eigenvalue weighted by Crippen LogP contribution is 2.18. The Balaban J connectivity index is 3.23. The molecule has 0 bridgehead atoms. The minimum absolute atomic E-state index is 0.114. The molecule has 1 atom stereocenters. The number of aryl methyl sites for hydroxylation is 2. The Labute approximate surface area is 89.7 Å². The highest BCUT2D eigenvalue weighted by Gasteiger charge is 2.23. The van der Waals surface area contributed by atoms with Crippen LogP contribution in [0.1, 0.15) is 11.1 Å². The van der Waals surface area contributed by atoms with Gasteiger partial charge in [-0.2, -0.15) is 0 Å². The maximum atomic E-state index is 11.7. The lowest BCUT2D eigenvalue weighted by Crippen LogP contribution is -2.29. The van der Waals surface area contributed by atoms with Crippen LogP contribution in [0, 0.1) is 13.8 Å². The highest BCUT2D eigenvalue weighted by molar-refractivity contribution is 7.91. The second kappa shape index (κ2) is 4.30. The Kier molecular flexibility index (Phi) is 3.49. The molecular formula is C10H15NO3S. The molecule has 1 unspecified atom stereocenters. The molecule has 0 aliphatic carbocycles. The molecule has 3 N–H and O–H groups in total. The summed E-state index contributed by atoms with van der Waals surface area (Å²) in [4.78, 5) is 0.114. The summed E-state index contributed by atoms with van der Waals surface area (Å²) in [6, 6.07) is 4.74. The lowest BCUT2D eigenvalue weighted by Gasteiger charge is -2.10. The fraction of sp³-hybridized carbons (Fsp3) is 0.400. The fourth-order valence-electron chi connectivity index (χ4n) is 1.17. The second-order valence-electron chi connectivity index (χ2n) is 3.48. The predicted octanol–water partition coefficient (Wildman–Crippen LogP) is 0.354. The van der Waals surface area contributed by atoms with E-state index in [4.69, 9.17) is 5.73 Å². The molecule has 0 spiro atoms. The topological polar surface area (TPSA) is 80.4 Å². The van der Waals surface area contributed by atoms with Gasteiger partial charge in [0.15, 0.2) is 5.44 Å². The van der Waals surface area contributed by atoms with Gasteiger partial charge in [0.1, 0.15) is 0 Å². The minimum Gasteiger partial charge on any atom is -0.376 e. The van der Waals surface area contributed by atoms with Crippen LogP contribution in [0.25, 0.3) is 0 Å². The van der Waals surface area contributed by atoms with E-state index in [9.17, 15) is 13.5 Å². The summed E-state index contributed by atoms with van der Waals surface area (Å²) in [6.07, 6.45) is 0. The smallest absolute Gasteiger partial charge is 0.206 e. The standard InChI is InChI=1S/C10H15NO3S/c1-7-3-4-9(5-8(7)2)15(13,14)10(12)6-11/h3-5,10,12H,6,11H2,1-2H3. The Morgan fingerprint density at radius 3 is 2.40 bits per heavy atom. The Bertz CT molecular complexity index is 454. The minimum atomic E-state index is -3.70. The van der Waals surface area contributed by atoms with Crippen molar-refractivity contribution in [3.63, 3.8) is 0 Å². The van der Waals surface area contributed by atoms with Crippen LogP contribution >= 0.6 is 0 Å². The van der Waals surface area contributed by atoms with Crippen LogP contribution in [-0.4, -0.2) is 25.5 Å². The SMILES string of the molecule is Cc1ccc(S(=O)(=O)C(O)CN)cc1C. The van der Waals surface area contributed by atoms with Gasteiger partial charge >= 0.3 is 0 Å². The van der Waals surface area contributed by atoms with Crippen LogP contribution in [0.4, 0.5) is 0 Å². The summed E-state index contributed by atoms with van der Waals surface area (Å²) < 4.78 is 23.4. The Morgan fingerprint density at radius 2 is 1.93 bits per heavy atom. The van der Waals surface area contributed by atoms with Crippen molar-refractivity contribution in [3.8, 4) is 0 Å². The van der Waals surface area contributed by atoms with Crippen molar-refractivity contribution in [2.75, 3.05) is 6.54 Å². The Morgan fingerprint density at radius 1 is 1.33 bits per heavy atom. The zero-order valence-corrected chi connectivity index (χ0v) is 9.58. The summed E-state index contributed by atoms with van der Waals surface area (Å²) in [7, 11) is -3.70. The molecule has 84 valence electrons. The zero-order chi connectivity index (χ0) is 11.6. The van der Waals surface area contributed by atoms with E-state index < -0.39 is 15.3 Å². The van der Waals surface area contributed by atoms with Crippen molar-refractivity contribution in [2.24, 2.45) is 5.73 Å². The number of benzene rings is 1. The number of hydrogen-bond donors (Lipinski definition) is 2. The number of rotatable bonds is 3. The van der Waals surface area contributed by atoms with Gasteiger partial charge in [0.05, 0.1) is 4.90 Å². The van der Waals surface area contributed by atoms with Gasteiger partial charge in [-0.1, -0.05) is 6.07 Å². The average molecular weight is 229 g/mol. The van der Waals surface area contributed by atoms with Gasteiger partial charge in [-0.25, -0.2) is 8.42 Å². The molecular weight excluding hydrogens is 214 g/mol. The number of aliphatic hydroxyl groups is 1. The van der Waals surface area contributed by atoms with Crippen molar-refractivity contribution in [1.82, 2.24) is 0 Å². The normalized spacial score (nSPS) is 13.9. The first kappa shape index (κ1) is 12.2. The zero-order valence-electron chi connectivity index (χ0n) is 8.77. The van der Waals surface area contributed by atoms with E-state index in [0.29, 0.717) is 0 Å². The molecule has 4 nitrogen and oxygen atoms in total. The maximum Gasteiger partial charge on any atom is 0.206 e. The molecule has 0 saturated heterocycles. The van der Waals surface area contributed by atoms with Crippen LogP contribution in [-0.2, 0) is 9.84 Å². The molecule has 0 radical (unpaired) electrons. The first-order chi connectivity index (χ1) is 6.89. The molecule has 0 aliphatic rings. The van der Waals surface area contributed by atoms with Crippen molar-refractivity contribution < 1.29 is 13.5 Å². The van der Waals surface area contributed by atoms with Gasteiger partial charge in [-0.05, 0) is 37.1 Å². The summed E-state index contributed by atoms with van der Waals surface area (Å²) in [5.74, 6) is 0. The van der Waals surface area contributed by atoms with Gasteiger partial charge in [0.2, 0.25) is 9.84 Å². The third kappa shape index (κ3) is 2.37. The third-order valence-electron chi connectivity index (χ3n) is 2.37. The highest BCUT2D eigenvalue weighted by atomic mass is 32.2. The molecule has 1 rings (SSSR count). The van der Waals surface area contributed by atoms with Gasteiger partial charge in [-0.3, -0.25) is 0 Å². The first-order valence-electron chi connectivity index (χ1n) is 4.59. The first-order valence-corrected chi connectivity index (χ1v) is 6.13. The number of hydrogen-bond acceptors (Lipinski definition) is 4. The van der Waals surface area contributed by atoms with Crippen LogP contribution in [0.2, 0.25) is 0 Å². The molecule has 0 aliphatic heterocycles.